The number of carbonyl (C=O) groups is 1. The molecule has 0 aliphatic carbocycles. The molecule has 0 saturated carbocycles. The Morgan fingerprint density at radius 3 is 2.95 bits per heavy atom. The fourth-order valence-corrected chi connectivity index (χ4v) is 3.77. The van der Waals surface area contributed by atoms with Gasteiger partial charge in [0.1, 0.15) is 0 Å². The standard InChI is InChI=1S/C12H14ClN3O2S2/c1-3-6-16-11(18)14-15-12(16)19-7(2)10(17)8-4-5-9(13)20-8/h4-5,7H,3,6H2,1-2H3,(H,14,18). The van der Waals surface area contributed by atoms with Crippen LogP contribution in [-0.2, 0) is 6.54 Å². The lowest BCUT2D eigenvalue weighted by Crippen LogP contribution is -2.19. The molecule has 2 aromatic heterocycles. The van der Waals surface area contributed by atoms with Crippen molar-refractivity contribution in [2.45, 2.75) is 37.2 Å². The average Bonchev–Trinajstić information content (AvgIpc) is 2.98. The zero-order chi connectivity index (χ0) is 14.7. The van der Waals surface area contributed by atoms with Gasteiger partial charge >= 0.3 is 5.69 Å². The molecule has 108 valence electrons. The summed E-state index contributed by atoms with van der Waals surface area (Å²) in [6.45, 7) is 4.37. The van der Waals surface area contributed by atoms with Gasteiger partial charge in [-0.05, 0) is 25.5 Å². The third kappa shape index (κ3) is 3.34. The highest BCUT2D eigenvalue weighted by Crippen LogP contribution is 2.28. The highest BCUT2D eigenvalue weighted by molar-refractivity contribution is 8.00. The van der Waals surface area contributed by atoms with Crippen LogP contribution in [-0.4, -0.2) is 25.8 Å². The minimum atomic E-state index is -0.324. The van der Waals surface area contributed by atoms with Crippen LogP contribution in [0, 0.1) is 0 Å². The van der Waals surface area contributed by atoms with Crippen molar-refractivity contribution in [3.8, 4) is 0 Å². The lowest BCUT2D eigenvalue weighted by Gasteiger charge is -2.09. The monoisotopic (exact) mass is 331 g/mol. The molecule has 1 unspecified atom stereocenters. The predicted molar refractivity (Wildman–Crippen MR) is 82.1 cm³/mol. The van der Waals surface area contributed by atoms with Crippen molar-refractivity contribution in [1.29, 1.82) is 0 Å². The molecule has 0 spiro atoms. The maximum absolute atomic E-state index is 12.2. The van der Waals surface area contributed by atoms with Gasteiger partial charge in [-0.25, -0.2) is 9.89 Å². The van der Waals surface area contributed by atoms with Gasteiger partial charge in [-0.3, -0.25) is 9.36 Å². The number of nitrogens with one attached hydrogen (secondary N) is 1. The number of carbonyl (C=O) groups excluding carboxylic acids is 1. The Kier molecular flexibility index (Phi) is 5.06. The first-order valence-electron chi connectivity index (χ1n) is 6.14. The van der Waals surface area contributed by atoms with Gasteiger partial charge in [-0.15, -0.1) is 16.4 Å². The Morgan fingerprint density at radius 2 is 2.35 bits per heavy atom. The number of rotatable bonds is 6. The van der Waals surface area contributed by atoms with Crippen LogP contribution in [0.15, 0.2) is 22.1 Å². The van der Waals surface area contributed by atoms with Crippen LogP contribution in [0.25, 0.3) is 0 Å². The highest BCUT2D eigenvalue weighted by Gasteiger charge is 2.21. The first-order valence-corrected chi connectivity index (χ1v) is 8.21. The lowest BCUT2D eigenvalue weighted by atomic mass is 10.2. The molecule has 0 fully saturated rings. The van der Waals surface area contributed by atoms with Gasteiger partial charge in [0, 0.05) is 6.54 Å². The largest absolute Gasteiger partial charge is 0.343 e. The van der Waals surface area contributed by atoms with Crippen LogP contribution in [0.5, 0.6) is 0 Å². The normalized spacial score (nSPS) is 12.6. The van der Waals surface area contributed by atoms with Crippen molar-refractivity contribution in [2.24, 2.45) is 0 Å². The van der Waals surface area contributed by atoms with Gasteiger partial charge in [0.05, 0.1) is 14.5 Å². The molecular weight excluding hydrogens is 318 g/mol. The molecule has 1 N–H and O–H groups in total. The minimum absolute atomic E-state index is 0.00889. The van der Waals surface area contributed by atoms with Crippen LogP contribution >= 0.6 is 34.7 Å². The average molecular weight is 332 g/mol. The molecule has 0 aliphatic heterocycles. The lowest BCUT2D eigenvalue weighted by molar-refractivity contribution is 0.0997. The maximum Gasteiger partial charge on any atom is 0.343 e. The number of hydrogen-bond acceptors (Lipinski definition) is 5. The van der Waals surface area contributed by atoms with E-state index < -0.39 is 0 Å². The molecule has 0 aromatic carbocycles. The third-order valence-corrected chi connectivity index (χ3v) is 4.97. The van der Waals surface area contributed by atoms with E-state index in [1.54, 1.807) is 23.6 Å². The summed E-state index contributed by atoms with van der Waals surface area (Å²) in [5.74, 6) is -0.00889. The fourth-order valence-electron chi connectivity index (χ4n) is 1.67. The van der Waals surface area contributed by atoms with E-state index in [0.29, 0.717) is 20.9 Å². The molecule has 0 radical (unpaired) electrons. The molecule has 2 rings (SSSR count). The van der Waals surface area contributed by atoms with Gasteiger partial charge < -0.3 is 0 Å². The molecule has 8 heteroatoms. The zero-order valence-corrected chi connectivity index (χ0v) is 13.4. The summed E-state index contributed by atoms with van der Waals surface area (Å²) in [4.78, 5) is 24.5. The van der Waals surface area contributed by atoms with Crippen molar-refractivity contribution in [3.63, 3.8) is 0 Å². The number of hydrogen-bond donors (Lipinski definition) is 1. The van der Waals surface area contributed by atoms with Crippen molar-refractivity contribution in [1.82, 2.24) is 14.8 Å². The molecule has 1 atom stereocenters. The van der Waals surface area contributed by atoms with Crippen molar-refractivity contribution < 1.29 is 4.79 Å². The van der Waals surface area contributed by atoms with E-state index in [9.17, 15) is 9.59 Å². The topological polar surface area (TPSA) is 67.8 Å². The molecule has 0 aliphatic rings. The predicted octanol–water partition coefficient (Wildman–Crippen LogP) is 3.06. The van der Waals surface area contributed by atoms with E-state index in [4.69, 9.17) is 11.6 Å². The summed E-state index contributed by atoms with van der Waals surface area (Å²) in [5, 5.41) is 6.60. The van der Waals surface area contributed by atoms with Crippen LogP contribution in [0.1, 0.15) is 29.9 Å². The molecule has 0 amide bonds. The van der Waals surface area contributed by atoms with Gasteiger partial charge in [0.25, 0.3) is 0 Å². The number of thiophene rings is 1. The fraction of sp³-hybridized carbons (Fsp3) is 0.417. The van der Waals surface area contributed by atoms with Gasteiger partial charge in [-0.2, -0.15) is 0 Å². The zero-order valence-electron chi connectivity index (χ0n) is 11.1. The molecule has 2 heterocycles. The Hall–Kier alpha value is -1.05. The van der Waals surface area contributed by atoms with E-state index in [2.05, 4.69) is 10.2 Å². The molecule has 2 aromatic rings. The van der Waals surface area contributed by atoms with Crippen molar-refractivity contribution >= 4 is 40.5 Å². The first kappa shape index (κ1) is 15.3. The highest BCUT2D eigenvalue weighted by atomic mass is 35.5. The molecule has 0 saturated heterocycles. The SMILES string of the molecule is CCCn1c(SC(C)C(=O)c2ccc(Cl)s2)n[nH]c1=O. The quantitative estimate of drug-likeness (QED) is 0.652. The van der Waals surface area contributed by atoms with E-state index in [1.165, 1.54) is 23.1 Å². The third-order valence-electron chi connectivity index (χ3n) is 2.64. The summed E-state index contributed by atoms with van der Waals surface area (Å²) in [7, 11) is 0. The van der Waals surface area contributed by atoms with Crippen LogP contribution < -0.4 is 5.69 Å². The Morgan fingerprint density at radius 1 is 1.60 bits per heavy atom. The van der Waals surface area contributed by atoms with Crippen LogP contribution in [0.2, 0.25) is 4.34 Å². The summed E-state index contributed by atoms with van der Waals surface area (Å²) in [6, 6.07) is 3.43. The first-order chi connectivity index (χ1) is 9.52. The molecular formula is C12H14ClN3O2S2. The van der Waals surface area contributed by atoms with Gasteiger partial charge in [0.15, 0.2) is 10.9 Å². The second-order valence-electron chi connectivity index (χ2n) is 4.19. The number of aromatic nitrogens is 3. The Labute approximate surface area is 129 Å². The van der Waals surface area contributed by atoms with Gasteiger partial charge in [0.2, 0.25) is 0 Å². The van der Waals surface area contributed by atoms with E-state index in [0.717, 1.165) is 6.42 Å². The summed E-state index contributed by atoms with van der Waals surface area (Å²) in [6.07, 6.45) is 0.829. The Bertz CT molecular complexity index is 662. The van der Waals surface area contributed by atoms with Crippen molar-refractivity contribution in [2.75, 3.05) is 0 Å². The summed E-state index contributed by atoms with van der Waals surface area (Å²) < 4.78 is 2.14. The molecule has 20 heavy (non-hydrogen) atoms. The summed E-state index contributed by atoms with van der Waals surface area (Å²) >= 11 is 8.37. The van der Waals surface area contributed by atoms with Gasteiger partial charge in [-0.1, -0.05) is 30.3 Å². The molecule has 5 nitrogen and oxygen atoms in total. The van der Waals surface area contributed by atoms with Crippen LogP contribution in [0.4, 0.5) is 0 Å². The number of ketones is 1. The second-order valence-corrected chi connectivity index (χ2v) is 7.21. The molecule has 0 bridgehead atoms. The second kappa shape index (κ2) is 6.60. The van der Waals surface area contributed by atoms with E-state index in [-0.39, 0.29) is 16.7 Å². The van der Waals surface area contributed by atoms with Crippen LogP contribution in [0.3, 0.4) is 0 Å². The summed E-state index contributed by atoms with van der Waals surface area (Å²) in [5.41, 5.74) is -0.242. The Balaban J connectivity index is 2.13. The van der Waals surface area contributed by atoms with E-state index in [1.807, 2.05) is 6.92 Å². The number of Topliss-reactive ketones (excluding diaryl/α,β-unsaturated/α-hetero) is 1. The number of thioether (sulfide) groups is 1. The van der Waals surface area contributed by atoms with E-state index >= 15 is 0 Å². The van der Waals surface area contributed by atoms with Crippen molar-refractivity contribution in [3.05, 3.63) is 31.8 Å². The maximum atomic E-state index is 12.2. The number of nitrogens with zero attached hydrogens (tertiary/aromatic N) is 2. The minimum Gasteiger partial charge on any atom is -0.292 e. The number of H-pyrrole nitrogens is 1. The number of halogens is 1. The smallest absolute Gasteiger partial charge is 0.292 e. The number of aromatic amines is 1.